The van der Waals surface area contributed by atoms with Crippen molar-refractivity contribution in [2.75, 3.05) is 6.54 Å². The second-order valence-electron chi connectivity index (χ2n) is 3.69. The third-order valence-corrected chi connectivity index (χ3v) is 2.50. The summed E-state index contributed by atoms with van der Waals surface area (Å²) in [5.41, 5.74) is 5.05. The molecule has 0 aliphatic heterocycles. The Bertz CT molecular complexity index is 296. The number of nitrogens with two attached hydrogens (primary N) is 1. The number of primary amides is 1. The van der Waals surface area contributed by atoms with Crippen molar-refractivity contribution in [3.8, 4) is 0 Å². The van der Waals surface area contributed by atoms with Crippen LogP contribution >= 0.6 is 0 Å². The minimum atomic E-state index is -0.276. The quantitative estimate of drug-likeness (QED) is 0.709. The molecule has 0 bridgehead atoms. The van der Waals surface area contributed by atoms with E-state index in [1.807, 2.05) is 16.9 Å². The van der Waals surface area contributed by atoms with Crippen LogP contribution in [0.1, 0.15) is 26.3 Å². The number of nitrogens with zero attached hydrogens (tertiary/aromatic N) is 2. The van der Waals surface area contributed by atoms with Crippen LogP contribution in [-0.2, 0) is 4.79 Å². The summed E-state index contributed by atoms with van der Waals surface area (Å²) < 4.78 is 1.89. The normalized spacial score (nSPS) is 14.8. The molecule has 0 saturated heterocycles. The van der Waals surface area contributed by atoms with E-state index in [-0.39, 0.29) is 18.0 Å². The highest BCUT2D eigenvalue weighted by atomic mass is 16.1. The molecule has 5 heteroatoms. The van der Waals surface area contributed by atoms with Crippen LogP contribution in [-0.4, -0.2) is 28.3 Å². The van der Waals surface area contributed by atoms with Gasteiger partial charge in [0.25, 0.3) is 0 Å². The zero-order valence-corrected chi connectivity index (χ0v) is 9.18. The molecule has 0 aliphatic carbocycles. The third-order valence-electron chi connectivity index (χ3n) is 2.50. The first-order chi connectivity index (χ1) is 7.11. The fraction of sp³-hybridized carbons (Fsp3) is 0.600. The van der Waals surface area contributed by atoms with Gasteiger partial charge in [0, 0.05) is 31.4 Å². The predicted molar refractivity (Wildman–Crippen MR) is 58.2 cm³/mol. The molecule has 84 valence electrons. The van der Waals surface area contributed by atoms with Crippen LogP contribution in [0.3, 0.4) is 0 Å². The molecule has 0 aromatic carbocycles. The Morgan fingerprint density at radius 2 is 2.33 bits per heavy atom. The Kier molecular flexibility index (Phi) is 4.30. The van der Waals surface area contributed by atoms with Gasteiger partial charge in [-0.15, -0.1) is 0 Å². The summed E-state index contributed by atoms with van der Waals surface area (Å²) in [6, 6.07) is 2.41. The van der Waals surface area contributed by atoms with Crippen LogP contribution in [0.5, 0.6) is 0 Å². The van der Waals surface area contributed by atoms with Crippen molar-refractivity contribution >= 4 is 5.91 Å². The first kappa shape index (κ1) is 11.7. The van der Waals surface area contributed by atoms with Gasteiger partial charge in [-0.1, -0.05) is 0 Å². The number of rotatable bonds is 6. The number of carbonyl (C=O) groups is 1. The van der Waals surface area contributed by atoms with Gasteiger partial charge < -0.3 is 11.1 Å². The lowest BCUT2D eigenvalue weighted by atomic mass is 10.1. The van der Waals surface area contributed by atoms with E-state index in [0.717, 1.165) is 0 Å². The number of aromatic nitrogens is 2. The Labute approximate surface area is 89.6 Å². The minimum Gasteiger partial charge on any atom is -0.370 e. The van der Waals surface area contributed by atoms with Gasteiger partial charge in [-0.3, -0.25) is 9.48 Å². The van der Waals surface area contributed by atoms with Gasteiger partial charge in [0.15, 0.2) is 0 Å². The molecule has 5 nitrogen and oxygen atoms in total. The topological polar surface area (TPSA) is 72.9 Å². The molecule has 1 rings (SSSR count). The molecule has 0 fully saturated rings. The van der Waals surface area contributed by atoms with Gasteiger partial charge in [0.2, 0.25) is 5.91 Å². The smallest absolute Gasteiger partial charge is 0.218 e. The summed E-state index contributed by atoms with van der Waals surface area (Å²) in [4.78, 5) is 10.5. The van der Waals surface area contributed by atoms with E-state index in [9.17, 15) is 4.79 Å². The fourth-order valence-corrected chi connectivity index (χ4v) is 1.34. The van der Waals surface area contributed by atoms with Gasteiger partial charge in [-0.25, -0.2) is 0 Å². The van der Waals surface area contributed by atoms with Gasteiger partial charge in [-0.2, -0.15) is 5.10 Å². The number of amides is 1. The summed E-state index contributed by atoms with van der Waals surface area (Å²) >= 11 is 0. The summed E-state index contributed by atoms with van der Waals surface area (Å²) in [5.74, 6) is -0.276. The summed E-state index contributed by atoms with van der Waals surface area (Å²) in [7, 11) is 0. The van der Waals surface area contributed by atoms with E-state index in [4.69, 9.17) is 5.73 Å². The highest BCUT2D eigenvalue weighted by Crippen LogP contribution is 2.08. The number of nitrogens with one attached hydrogen (secondary N) is 1. The second kappa shape index (κ2) is 5.50. The second-order valence-corrected chi connectivity index (χ2v) is 3.69. The first-order valence-corrected chi connectivity index (χ1v) is 5.12. The zero-order chi connectivity index (χ0) is 11.3. The molecule has 1 heterocycles. The highest BCUT2D eigenvalue weighted by molar-refractivity contribution is 5.73. The van der Waals surface area contributed by atoms with E-state index >= 15 is 0 Å². The molecule has 0 spiro atoms. The van der Waals surface area contributed by atoms with Crippen LogP contribution < -0.4 is 11.1 Å². The number of hydrogen-bond acceptors (Lipinski definition) is 3. The Balaban J connectivity index is 2.33. The van der Waals surface area contributed by atoms with Crippen LogP contribution in [0.15, 0.2) is 18.5 Å². The molecular formula is C10H18N4O. The molecular weight excluding hydrogens is 192 g/mol. The van der Waals surface area contributed by atoms with Gasteiger partial charge in [-0.05, 0) is 19.9 Å². The summed E-state index contributed by atoms with van der Waals surface area (Å²) in [6.07, 6.45) is 4.06. The molecule has 1 amide bonds. The molecule has 3 N–H and O–H groups in total. The molecule has 15 heavy (non-hydrogen) atoms. The van der Waals surface area contributed by atoms with E-state index < -0.39 is 0 Å². The Morgan fingerprint density at radius 3 is 2.87 bits per heavy atom. The zero-order valence-electron chi connectivity index (χ0n) is 9.18. The van der Waals surface area contributed by atoms with E-state index in [1.165, 1.54) is 0 Å². The Morgan fingerprint density at radius 1 is 1.60 bits per heavy atom. The van der Waals surface area contributed by atoms with Crippen molar-refractivity contribution in [1.82, 2.24) is 15.1 Å². The lowest BCUT2D eigenvalue weighted by Crippen LogP contribution is -2.35. The minimum absolute atomic E-state index is 0.254. The van der Waals surface area contributed by atoms with Gasteiger partial charge in [0.1, 0.15) is 0 Å². The van der Waals surface area contributed by atoms with Crippen molar-refractivity contribution in [2.24, 2.45) is 5.73 Å². The average Bonchev–Trinajstić information content (AvgIpc) is 2.68. The SMILES string of the molecule is C[C@H]([C@@H](C)NCCC(N)=O)n1cccn1. The summed E-state index contributed by atoms with van der Waals surface area (Å²) in [6.45, 7) is 4.75. The number of carbonyl (C=O) groups excluding carboxylic acids is 1. The largest absolute Gasteiger partial charge is 0.370 e. The molecule has 0 unspecified atom stereocenters. The number of hydrogen-bond donors (Lipinski definition) is 2. The van der Waals surface area contributed by atoms with Crippen LogP contribution in [0.25, 0.3) is 0 Å². The van der Waals surface area contributed by atoms with E-state index in [0.29, 0.717) is 13.0 Å². The van der Waals surface area contributed by atoms with Crippen LogP contribution in [0.2, 0.25) is 0 Å². The Hall–Kier alpha value is -1.36. The lowest BCUT2D eigenvalue weighted by Gasteiger charge is -2.21. The molecule has 0 aliphatic rings. The van der Waals surface area contributed by atoms with Crippen LogP contribution in [0, 0.1) is 0 Å². The maximum atomic E-state index is 10.5. The third kappa shape index (κ3) is 3.71. The summed E-state index contributed by atoms with van der Waals surface area (Å²) in [5, 5.41) is 7.41. The average molecular weight is 210 g/mol. The molecule has 1 aromatic rings. The monoisotopic (exact) mass is 210 g/mol. The van der Waals surface area contributed by atoms with Gasteiger partial charge >= 0.3 is 0 Å². The predicted octanol–water partition coefficient (Wildman–Crippen LogP) is 0.298. The standard InChI is InChI=1S/C10H18N4O/c1-8(12-6-4-10(11)15)9(2)14-7-3-5-13-14/h3,5,7-9,12H,4,6H2,1-2H3,(H2,11,15)/t8-,9-/m1/s1. The maximum absolute atomic E-state index is 10.5. The molecule has 0 saturated carbocycles. The van der Waals surface area contributed by atoms with Crippen molar-refractivity contribution < 1.29 is 4.79 Å². The van der Waals surface area contributed by atoms with E-state index in [1.54, 1.807) is 6.20 Å². The first-order valence-electron chi connectivity index (χ1n) is 5.12. The maximum Gasteiger partial charge on any atom is 0.218 e. The van der Waals surface area contributed by atoms with Crippen molar-refractivity contribution in [2.45, 2.75) is 32.4 Å². The highest BCUT2D eigenvalue weighted by Gasteiger charge is 2.13. The van der Waals surface area contributed by atoms with Crippen LogP contribution in [0.4, 0.5) is 0 Å². The lowest BCUT2D eigenvalue weighted by molar-refractivity contribution is -0.117. The molecule has 1 aromatic heterocycles. The van der Waals surface area contributed by atoms with Crippen molar-refractivity contribution in [3.05, 3.63) is 18.5 Å². The molecule has 2 atom stereocenters. The van der Waals surface area contributed by atoms with Crippen molar-refractivity contribution in [1.29, 1.82) is 0 Å². The van der Waals surface area contributed by atoms with E-state index in [2.05, 4.69) is 24.3 Å². The molecule has 0 radical (unpaired) electrons. The fourth-order valence-electron chi connectivity index (χ4n) is 1.34. The van der Waals surface area contributed by atoms with Gasteiger partial charge in [0.05, 0.1) is 6.04 Å². The van der Waals surface area contributed by atoms with Crippen molar-refractivity contribution in [3.63, 3.8) is 0 Å².